The summed E-state index contributed by atoms with van der Waals surface area (Å²) in [5.74, 6) is 0. The zero-order chi connectivity index (χ0) is 12.3. The third-order valence-electron chi connectivity index (χ3n) is 3.10. The second-order valence-electron chi connectivity index (χ2n) is 4.67. The topological polar surface area (TPSA) is 43.9 Å². The van der Waals surface area contributed by atoms with E-state index in [9.17, 15) is 8.42 Å². The standard InChI is InChI=1S/C10H23N3O2S/c1-10(2)12(4)16(14,15)13-7-5-6-11(3)8-9-13/h10H,5-9H2,1-4H3. The number of likely N-dealkylation sites (N-methyl/N-ethyl adjacent to an activating group) is 1. The summed E-state index contributed by atoms with van der Waals surface area (Å²) in [6.07, 6.45) is 0.904. The van der Waals surface area contributed by atoms with Crippen LogP contribution in [0.4, 0.5) is 0 Å². The number of rotatable bonds is 3. The Kier molecular flexibility index (Phi) is 4.73. The molecule has 96 valence electrons. The lowest BCUT2D eigenvalue weighted by Gasteiger charge is -2.28. The highest BCUT2D eigenvalue weighted by Gasteiger charge is 2.29. The zero-order valence-electron chi connectivity index (χ0n) is 10.7. The first kappa shape index (κ1) is 13.9. The molecule has 0 aromatic heterocycles. The van der Waals surface area contributed by atoms with Crippen molar-refractivity contribution in [2.24, 2.45) is 0 Å². The van der Waals surface area contributed by atoms with Crippen molar-refractivity contribution in [1.82, 2.24) is 13.5 Å². The van der Waals surface area contributed by atoms with E-state index in [-0.39, 0.29) is 6.04 Å². The molecule has 0 atom stereocenters. The maximum atomic E-state index is 12.2. The van der Waals surface area contributed by atoms with Gasteiger partial charge in [0, 0.05) is 32.7 Å². The van der Waals surface area contributed by atoms with Crippen LogP contribution in [0.3, 0.4) is 0 Å². The van der Waals surface area contributed by atoms with E-state index in [0.717, 1.165) is 19.5 Å². The summed E-state index contributed by atoms with van der Waals surface area (Å²) in [7, 11) is 0.409. The molecule has 0 aliphatic carbocycles. The minimum Gasteiger partial charge on any atom is -0.305 e. The summed E-state index contributed by atoms with van der Waals surface area (Å²) in [4.78, 5) is 2.17. The molecule has 1 saturated heterocycles. The average molecular weight is 249 g/mol. The summed E-state index contributed by atoms with van der Waals surface area (Å²) in [5, 5.41) is 0. The normalized spacial score (nSPS) is 21.6. The summed E-state index contributed by atoms with van der Waals surface area (Å²) >= 11 is 0. The Labute approximate surface area is 99.2 Å². The lowest BCUT2D eigenvalue weighted by molar-refractivity contribution is 0.325. The number of hydrogen-bond acceptors (Lipinski definition) is 3. The van der Waals surface area contributed by atoms with Gasteiger partial charge < -0.3 is 4.90 Å². The Balaban J connectivity index is 2.75. The van der Waals surface area contributed by atoms with E-state index in [4.69, 9.17) is 0 Å². The van der Waals surface area contributed by atoms with Crippen molar-refractivity contribution in [1.29, 1.82) is 0 Å². The molecule has 0 aromatic rings. The molecule has 1 fully saturated rings. The highest BCUT2D eigenvalue weighted by Crippen LogP contribution is 2.12. The monoisotopic (exact) mass is 249 g/mol. The van der Waals surface area contributed by atoms with Gasteiger partial charge in [0.25, 0.3) is 10.2 Å². The first-order chi connectivity index (χ1) is 7.35. The van der Waals surface area contributed by atoms with E-state index >= 15 is 0 Å². The largest absolute Gasteiger partial charge is 0.305 e. The smallest absolute Gasteiger partial charge is 0.282 e. The summed E-state index contributed by atoms with van der Waals surface area (Å²) in [6.45, 7) is 6.78. The van der Waals surface area contributed by atoms with Gasteiger partial charge in [0.05, 0.1) is 0 Å². The molecule has 1 rings (SSSR count). The van der Waals surface area contributed by atoms with Crippen LogP contribution in [-0.2, 0) is 10.2 Å². The van der Waals surface area contributed by atoms with Gasteiger partial charge in [-0.1, -0.05) is 0 Å². The predicted octanol–water partition coefficient (Wildman–Crippen LogP) is 0.209. The third kappa shape index (κ3) is 3.16. The Hall–Kier alpha value is -0.170. The van der Waals surface area contributed by atoms with E-state index in [1.54, 1.807) is 11.4 Å². The van der Waals surface area contributed by atoms with Gasteiger partial charge in [-0.3, -0.25) is 0 Å². The first-order valence-electron chi connectivity index (χ1n) is 5.77. The lowest BCUT2D eigenvalue weighted by Crippen LogP contribution is -2.46. The molecule has 5 nitrogen and oxygen atoms in total. The summed E-state index contributed by atoms with van der Waals surface area (Å²) < 4.78 is 27.5. The fourth-order valence-corrected chi connectivity index (χ4v) is 3.27. The van der Waals surface area contributed by atoms with Gasteiger partial charge in [0.2, 0.25) is 0 Å². The second kappa shape index (κ2) is 5.44. The van der Waals surface area contributed by atoms with Gasteiger partial charge >= 0.3 is 0 Å². The van der Waals surface area contributed by atoms with E-state index in [0.29, 0.717) is 13.1 Å². The van der Waals surface area contributed by atoms with Crippen molar-refractivity contribution >= 4 is 10.2 Å². The van der Waals surface area contributed by atoms with Crippen LogP contribution in [0.15, 0.2) is 0 Å². The molecule has 0 saturated carbocycles. The molecule has 0 unspecified atom stereocenters. The van der Waals surface area contributed by atoms with Crippen molar-refractivity contribution in [2.45, 2.75) is 26.3 Å². The SMILES string of the molecule is CC(C)N(C)S(=O)(=O)N1CCCN(C)CC1. The van der Waals surface area contributed by atoms with Crippen LogP contribution >= 0.6 is 0 Å². The zero-order valence-corrected chi connectivity index (χ0v) is 11.5. The fourth-order valence-electron chi connectivity index (χ4n) is 1.70. The molecule has 6 heteroatoms. The van der Waals surface area contributed by atoms with Crippen molar-refractivity contribution < 1.29 is 8.42 Å². The quantitative estimate of drug-likeness (QED) is 0.718. The maximum Gasteiger partial charge on any atom is 0.282 e. The fraction of sp³-hybridized carbons (Fsp3) is 1.00. The molecule has 0 bridgehead atoms. The molecule has 0 radical (unpaired) electrons. The van der Waals surface area contributed by atoms with Gasteiger partial charge in [-0.15, -0.1) is 0 Å². The Morgan fingerprint density at radius 2 is 1.75 bits per heavy atom. The summed E-state index contributed by atoms with van der Waals surface area (Å²) in [6, 6.07) is 0.00554. The molecule has 16 heavy (non-hydrogen) atoms. The van der Waals surface area contributed by atoms with E-state index in [1.165, 1.54) is 4.31 Å². The Morgan fingerprint density at radius 3 is 2.31 bits per heavy atom. The van der Waals surface area contributed by atoms with Crippen LogP contribution in [0.25, 0.3) is 0 Å². The second-order valence-corrected chi connectivity index (χ2v) is 6.66. The van der Waals surface area contributed by atoms with Crippen molar-refractivity contribution in [3.63, 3.8) is 0 Å². The van der Waals surface area contributed by atoms with Crippen LogP contribution in [0, 0.1) is 0 Å². The molecule has 1 heterocycles. The molecule has 0 N–H and O–H groups in total. The number of hydrogen-bond donors (Lipinski definition) is 0. The molecule has 1 aliphatic rings. The molecular weight excluding hydrogens is 226 g/mol. The third-order valence-corrected chi connectivity index (χ3v) is 5.26. The van der Waals surface area contributed by atoms with Gasteiger partial charge in [0.15, 0.2) is 0 Å². The van der Waals surface area contributed by atoms with Gasteiger partial charge in [-0.25, -0.2) is 0 Å². The van der Waals surface area contributed by atoms with Crippen LogP contribution < -0.4 is 0 Å². The minimum absolute atomic E-state index is 0.00554. The Bertz CT molecular complexity index is 316. The van der Waals surface area contributed by atoms with Crippen LogP contribution in [0.5, 0.6) is 0 Å². The first-order valence-corrected chi connectivity index (χ1v) is 7.17. The number of nitrogens with zero attached hydrogens (tertiary/aromatic N) is 3. The maximum absolute atomic E-state index is 12.2. The van der Waals surface area contributed by atoms with Crippen LogP contribution in [0.2, 0.25) is 0 Å². The minimum atomic E-state index is -3.27. The lowest BCUT2D eigenvalue weighted by atomic mass is 10.4. The van der Waals surface area contributed by atoms with Gasteiger partial charge in [-0.2, -0.15) is 17.0 Å². The van der Waals surface area contributed by atoms with Crippen molar-refractivity contribution in [3.05, 3.63) is 0 Å². The molecule has 1 aliphatic heterocycles. The summed E-state index contributed by atoms with van der Waals surface area (Å²) in [5.41, 5.74) is 0. The van der Waals surface area contributed by atoms with Crippen molar-refractivity contribution in [2.75, 3.05) is 40.3 Å². The van der Waals surface area contributed by atoms with Gasteiger partial charge in [0.1, 0.15) is 0 Å². The van der Waals surface area contributed by atoms with Crippen LogP contribution in [-0.4, -0.2) is 68.2 Å². The van der Waals surface area contributed by atoms with Crippen molar-refractivity contribution in [3.8, 4) is 0 Å². The predicted molar refractivity (Wildman–Crippen MR) is 65.5 cm³/mol. The highest BCUT2D eigenvalue weighted by molar-refractivity contribution is 7.86. The van der Waals surface area contributed by atoms with E-state index < -0.39 is 10.2 Å². The highest BCUT2D eigenvalue weighted by atomic mass is 32.2. The van der Waals surface area contributed by atoms with Crippen LogP contribution in [0.1, 0.15) is 20.3 Å². The molecule has 0 amide bonds. The average Bonchev–Trinajstić information content (AvgIpc) is 2.41. The van der Waals surface area contributed by atoms with E-state index in [2.05, 4.69) is 4.90 Å². The van der Waals surface area contributed by atoms with Gasteiger partial charge in [-0.05, 0) is 33.9 Å². The molecule has 0 spiro atoms. The molecule has 0 aromatic carbocycles. The Morgan fingerprint density at radius 1 is 1.12 bits per heavy atom. The van der Waals surface area contributed by atoms with E-state index in [1.807, 2.05) is 20.9 Å². The molecular formula is C10H23N3O2S.